The number of hydrogen-bond donors (Lipinski definition) is 3. The van der Waals surface area contributed by atoms with Gasteiger partial charge in [-0.05, 0) is 29.8 Å². The third kappa shape index (κ3) is 4.59. The highest BCUT2D eigenvalue weighted by Crippen LogP contribution is 2.19. The topological polar surface area (TPSA) is 98.7 Å². The van der Waals surface area contributed by atoms with Crippen LogP contribution < -0.4 is 10.6 Å². The van der Waals surface area contributed by atoms with Crippen molar-refractivity contribution < 1.29 is 19.5 Å². The lowest BCUT2D eigenvalue weighted by Crippen LogP contribution is -2.34. The van der Waals surface area contributed by atoms with Crippen molar-refractivity contribution in [1.82, 2.24) is 4.90 Å². The number of hydrogen-bond acceptors (Lipinski definition) is 5. The Morgan fingerprint density at radius 1 is 0.963 bits per heavy atom. The van der Waals surface area contributed by atoms with Gasteiger partial charge in [0.05, 0.1) is 19.6 Å². The third-order valence-corrected chi connectivity index (χ3v) is 3.99. The van der Waals surface area contributed by atoms with Gasteiger partial charge >= 0.3 is 0 Å². The van der Waals surface area contributed by atoms with E-state index in [0.717, 1.165) is 10.5 Å². The van der Waals surface area contributed by atoms with Crippen molar-refractivity contribution in [3.05, 3.63) is 71.9 Å². The zero-order valence-electron chi connectivity index (χ0n) is 14.5. The predicted molar refractivity (Wildman–Crippen MR) is 101 cm³/mol. The fourth-order valence-corrected chi connectivity index (χ4v) is 2.69. The third-order valence-electron chi connectivity index (χ3n) is 3.99. The summed E-state index contributed by atoms with van der Waals surface area (Å²) in [5.41, 5.74) is 2.31. The smallest absolute Gasteiger partial charge is 0.277 e. The summed E-state index contributed by atoms with van der Waals surface area (Å²) in [5.74, 6) is -1.06. The number of carbonyl (C=O) groups excluding carboxylic acids is 3. The molecule has 1 aliphatic heterocycles. The van der Waals surface area contributed by atoms with Crippen LogP contribution in [0.4, 0.5) is 11.4 Å². The van der Waals surface area contributed by atoms with Crippen LogP contribution in [0.2, 0.25) is 0 Å². The van der Waals surface area contributed by atoms with Gasteiger partial charge in [0.15, 0.2) is 0 Å². The quantitative estimate of drug-likeness (QED) is 0.646. The average molecular weight is 365 g/mol. The number of nitrogens with one attached hydrogen (secondary N) is 2. The summed E-state index contributed by atoms with van der Waals surface area (Å²) in [6.07, 6.45) is 1.48. The van der Waals surface area contributed by atoms with Crippen molar-refractivity contribution in [1.29, 1.82) is 0 Å². The number of aliphatic hydroxyl groups is 1. The Balaban J connectivity index is 1.58. The molecule has 0 aliphatic carbocycles. The van der Waals surface area contributed by atoms with Crippen LogP contribution in [0, 0.1) is 0 Å². The van der Waals surface area contributed by atoms with Gasteiger partial charge in [0.2, 0.25) is 5.91 Å². The number of amides is 3. The van der Waals surface area contributed by atoms with Gasteiger partial charge in [-0.15, -0.1) is 0 Å². The molecule has 7 nitrogen and oxygen atoms in total. The SMILES string of the molecule is O=C(Cc1ccccc1)Nc1ccc(NC2=CC(=O)N(CCO)C2=O)cc1. The molecule has 1 heterocycles. The van der Waals surface area contributed by atoms with E-state index in [2.05, 4.69) is 10.6 Å². The number of benzene rings is 2. The molecule has 3 amide bonds. The van der Waals surface area contributed by atoms with Gasteiger partial charge in [-0.25, -0.2) is 0 Å². The first-order valence-corrected chi connectivity index (χ1v) is 8.46. The molecule has 27 heavy (non-hydrogen) atoms. The van der Waals surface area contributed by atoms with Gasteiger partial charge in [0, 0.05) is 17.5 Å². The second kappa shape index (κ2) is 8.29. The summed E-state index contributed by atoms with van der Waals surface area (Å²) >= 11 is 0. The first-order valence-electron chi connectivity index (χ1n) is 8.46. The first kappa shape index (κ1) is 18.3. The maximum Gasteiger partial charge on any atom is 0.277 e. The zero-order valence-corrected chi connectivity index (χ0v) is 14.5. The Bertz CT molecular complexity index is 876. The Kier molecular flexibility index (Phi) is 5.63. The molecule has 2 aromatic rings. The van der Waals surface area contributed by atoms with Crippen LogP contribution in [-0.4, -0.2) is 40.9 Å². The van der Waals surface area contributed by atoms with E-state index in [1.807, 2.05) is 30.3 Å². The monoisotopic (exact) mass is 365 g/mol. The summed E-state index contributed by atoms with van der Waals surface area (Å²) in [7, 11) is 0. The molecule has 3 N–H and O–H groups in total. The molecule has 0 saturated carbocycles. The highest BCUT2D eigenvalue weighted by molar-refractivity contribution is 6.17. The maximum atomic E-state index is 12.1. The fourth-order valence-electron chi connectivity index (χ4n) is 2.69. The van der Waals surface area contributed by atoms with Crippen molar-refractivity contribution in [3.63, 3.8) is 0 Å². The molecule has 3 rings (SSSR count). The number of β-amino-alcohol motifs (C(OH)–C–C–N with tert-alkyl or cyclic N) is 1. The van der Waals surface area contributed by atoms with Gasteiger partial charge in [-0.3, -0.25) is 19.3 Å². The van der Waals surface area contributed by atoms with Gasteiger partial charge in [-0.2, -0.15) is 0 Å². The number of rotatable bonds is 7. The molecule has 0 aromatic heterocycles. The molecule has 0 bridgehead atoms. The fraction of sp³-hybridized carbons (Fsp3) is 0.150. The van der Waals surface area contributed by atoms with Gasteiger partial charge in [-0.1, -0.05) is 30.3 Å². The second-order valence-electron chi connectivity index (χ2n) is 5.99. The molecule has 2 aromatic carbocycles. The molecular weight excluding hydrogens is 346 g/mol. The molecule has 0 saturated heterocycles. The largest absolute Gasteiger partial charge is 0.395 e. The van der Waals surface area contributed by atoms with E-state index in [0.29, 0.717) is 11.4 Å². The van der Waals surface area contributed by atoms with E-state index < -0.39 is 11.8 Å². The van der Waals surface area contributed by atoms with Crippen molar-refractivity contribution in [2.24, 2.45) is 0 Å². The van der Waals surface area contributed by atoms with Crippen molar-refractivity contribution in [2.45, 2.75) is 6.42 Å². The molecule has 0 spiro atoms. The average Bonchev–Trinajstić information content (AvgIpc) is 2.92. The Labute approximate surface area is 156 Å². The van der Waals surface area contributed by atoms with E-state index >= 15 is 0 Å². The van der Waals surface area contributed by atoms with Crippen LogP contribution in [-0.2, 0) is 20.8 Å². The van der Waals surface area contributed by atoms with E-state index in [4.69, 9.17) is 5.11 Å². The van der Waals surface area contributed by atoms with Crippen LogP contribution in [0.5, 0.6) is 0 Å². The lowest BCUT2D eigenvalue weighted by Gasteiger charge is -2.13. The molecule has 1 aliphatic rings. The summed E-state index contributed by atoms with van der Waals surface area (Å²) in [6.45, 7) is -0.318. The Morgan fingerprint density at radius 2 is 1.63 bits per heavy atom. The molecule has 0 fully saturated rings. The second-order valence-corrected chi connectivity index (χ2v) is 5.99. The normalized spacial score (nSPS) is 13.5. The van der Waals surface area contributed by atoms with Crippen LogP contribution >= 0.6 is 0 Å². The van der Waals surface area contributed by atoms with Gasteiger partial charge in [0.1, 0.15) is 5.70 Å². The van der Waals surface area contributed by atoms with Crippen LogP contribution in [0.1, 0.15) is 5.56 Å². The number of nitrogens with zero attached hydrogens (tertiary/aromatic N) is 1. The lowest BCUT2D eigenvalue weighted by atomic mass is 10.1. The molecular formula is C20H19N3O4. The van der Waals surface area contributed by atoms with Crippen molar-refractivity contribution >= 4 is 29.1 Å². The summed E-state index contributed by atoms with van der Waals surface area (Å²) in [4.78, 5) is 36.9. The van der Waals surface area contributed by atoms with Crippen LogP contribution in [0.15, 0.2) is 66.4 Å². The van der Waals surface area contributed by atoms with Gasteiger partial charge < -0.3 is 15.7 Å². The standard InChI is InChI=1S/C20H19N3O4/c24-11-10-23-19(26)13-17(20(23)27)21-15-6-8-16(9-7-15)22-18(25)12-14-4-2-1-3-5-14/h1-9,13,21,24H,10-12H2,(H,22,25). The molecule has 138 valence electrons. The van der Waals surface area contributed by atoms with Crippen molar-refractivity contribution in [3.8, 4) is 0 Å². The Morgan fingerprint density at radius 3 is 2.30 bits per heavy atom. The molecule has 0 unspecified atom stereocenters. The first-order chi connectivity index (χ1) is 13.1. The van der Waals surface area contributed by atoms with Crippen LogP contribution in [0.25, 0.3) is 0 Å². The minimum absolute atomic E-state index is 0.0360. The lowest BCUT2D eigenvalue weighted by molar-refractivity contribution is -0.137. The highest BCUT2D eigenvalue weighted by atomic mass is 16.3. The summed E-state index contributed by atoms with van der Waals surface area (Å²) in [6, 6.07) is 16.3. The Hall–Kier alpha value is -3.45. The summed E-state index contributed by atoms with van der Waals surface area (Å²) in [5, 5.41) is 14.6. The number of anilines is 2. The van der Waals surface area contributed by atoms with E-state index in [1.165, 1.54) is 6.08 Å². The number of imide groups is 1. The number of aliphatic hydroxyl groups excluding tert-OH is 1. The predicted octanol–water partition coefficient (Wildman–Crippen LogP) is 1.52. The van der Waals surface area contributed by atoms with Crippen molar-refractivity contribution in [2.75, 3.05) is 23.8 Å². The number of carbonyl (C=O) groups is 3. The van der Waals surface area contributed by atoms with E-state index in [1.54, 1.807) is 24.3 Å². The van der Waals surface area contributed by atoms with E-state index in [-0.39, 0.29) is 31.2 Å². The zero-order chi connectivity index (χ0) is 19.2. The molecule has 7 heteroatoms. The minimum Gasteiger partial charge on any atom is -0.395 e. The van der Waals surface area contributed by atoms with Crippen LogP contribution in [0.3, 0.4) is 0 Å². The van der Waals surface area contributed by atoms with E-state index in [9.17, 15) is 14.4 Å². The highest BCUT2D eigenvalue weighted by Gasteiger charge is 2.30. The van der Waals surface area contributed by atoms with Gasteiger partial charge in [0.25, 0.3) is 11.8 Å². The maximum absolute atomic E-state index is 12.1. The molecule has 0 atom stereocenters. The minimum atomic E-state index is -0.478. The molecule has 0 radical (unpaired) electrons. The summed E-state index contributed by atoms with van der Waals surface area (Å²) < 4.78 is 0.